The zero-order chi connectivity index (χ0) is 19.1. The Morgan fingerprint density at radius 2 is 2.22 bits per heavy atom. The number of alkyl halides is 2. The average molecular weight is 376 g/mol. The summed E-state index contributed by atoms with van der Waals surface area (Å²) < 4.78 is 34.1. The second kappa shape index (κ2) is 6.60. The highest BCUT2D eigenvalue weighted by atomic mass is 19.3. The first-order valence-electron chi connectivity index (χ1n) is 8.50. The molecule has 4 heterocycles. The SMILES string of the molecule is C[C@@H](Oc1nc(-c2cnn(C(F)F)c2)cc2ncn(C)c12)C1CNC(=O)C1. The number of carbonyl (C=O) groups is 1. The third-order valence-corrected chi connectivity index (χ3v) is 4.73. The molecule has 0 bridgehead atoms. The summed E-state index contributed by atoms with van der Waals surface area (Å²) in [5, 5.41) is 6.45. The molecule has 0 aromatic carbocycles. The van der Waals surface area contributed by atoms with E-state index in [9.17, 15) is 13.6 Å². The van der Waals surface area contributed by atoms with Gasteiger partial charge in [-0.05, 0) is 13.0 Å². The van der Waals surface area contributed by atoms with Crippen LogP contribution in [0.2, 0.25) is 0 Å². The van der Waals surface area contributed by atoms with Gasteiger partial charge in [-0.3, -0.25) is 4.79 Å². The molecule has 3 aromatic rings. The van der Waals surface area contributed by atoms with Crippen LogP contribution < -0.4 is 10.1 Å². The number of fused-ring (bicyclic) bond motifs is 1. The minimum absolute atomic E-state index is 0.00209. The molecule has 1 unspecified atom stereocenters. The number of hydrogen-bond donors (Lipinski definition) is 1. The van der Waals surface area contributed by atoms with Gasteiger partial charge in [0, 0.05) is 37.7 Å². The second-order valence-corrected chi connectivity index (χ2v) is 6.61. The predicted molar refractivity (Wildman–Crippen MR) is 92.2 cm³/mol. The number of hydrogen-bond acceptors (Lipinski definition) is 5. The van der Waals surface area contributed by atoms with Crippen molar-refractivity contribution in [3.8, 4) is 17.1 Å². The van der Waals surface area contributed by atoms with Crippen molar-refractivity contribution in [3.05, 3.63) is 24.8 Å². The Labute approximate surface area is 153 Å². The zero-order valence-electron chi connectivity index (χ0n) is 14.8. The lowest BCUT2D eigenvalue weighted by Crippen LogP contribution is -2.26. The fourth-order valence-electron chi connectivity index (χ4n) is 3.18. The summed E-state index contributed by atoms with van der Waals surface area (Å²) in [4.78, 5) is 20.3. The Balaban J connectivity index is 1.71. The van der Waals surface area contributed by atoms with Crippen LogP contribution >= 0.6 is 0 Å². The highest BCUT2D eigenvalue weighted by Gasteiger charge is 2.29. The van der Waals surface area contributed by atoms with Crippen LogP contribution in [0.1, 0.15) is 19.9 Å². The van der Waals surface area contributed by atoms with Crippen LogP contribution in [0.4, 0.5) is 8.78 Å². The molecule has 1 aliphatic rings. The standard InChI is InChI=1S/C17H18F2N6O2/c1-9(10-3-14(26)20-5-10)27-16-15-13(21-8-24(15)2)4-12(23-16)11-6-22-25(7-11)17(18)19/h4,6-10,17H,3,5H2,1-2H3,(H,20,26)/t9-,10?/m1/s1. The molecule has 27 heavy (non-hydrogen) atoms. The van der Waals surface area contributed by atoms with Crippen molar-refractivity contribution in [2.45, 2.75) is 26.0 Å². The van der Waals surface area contributed by atoms with Crippen LogP contribution in [0.5, 0.6) is 5.88 Å². The van der Waals surface area contributed by atoms with E-state index in [1.54, 1.807) is 17.0 Å². The van der Waals surface area contributed by atoms with Crippen molar-refractivity contribution in [1.29, 1.82) is 0 Å². The Morgan fingerprint density at radius 1 is 1.41 bits per heavy atom. The summed E-state index contributed by atoms with van der Waals surface area (Å²) in [7, 11) is 1.82. The smallest absolute Gasteiger partial charge is 0.333 e. The number of nitrogens with zero attached hydrogens (tertiary/aromatic N) is 5. The lowest BCUT2D eigenvalue weighted by atomic mass is 10.0. The highest BCUT2D eigenvalue weighted by Crippen LogP contribution is 2.30. The molecule has 4 rings (SSSR count). The molecule has 142 valence electrons. The topological polar surface area (TPSA) is 86.9 Å². The molecule has 3 aromatic heterocycles. The van der Waals surface area contributed by atoms with E-state index in [1.807, 2.05) is 14.0 Å². The third kappa shape index (κ3) is 3.22. The summed E-state index contributed by atoms with van der Waals surface area (Å²) in [6, 6.07) is 1.71. The van der Waals surface area contributed by atoms with Crippen molar-refractivity contribution in [2.75, 3.05) is 6.54 Å². The monoisotopic (exact) mass is 376 g/mol. The summed E-state index contributed by atoms with van der Waals surface area (Å²) in [6.07, 6.45) is 4.34. The molecule has 0 aliphatic carbocycles. The first kappa shape index (κ1) is 17.4. The average Bonchev–Trinajstić information content (AvgIpc) is 3.34. The maximum absolute atomic E-state index is 12.8. The number of rotatable bonds is 5. The number of amides is 1. The van der Waals surface area contributed by atoms with E-state index in [0.717, 1.165) is 0 Å². The van der Waals surface area contributed by atoms with Gasteiger partial charge in [0.1, 0.15) is 11.6 Å². The molecular weight excluding hydrogens is 358 g/mol. The molecule has 1 fully saturated rings. The molecule has 1 N–H and O–H groups in total. The number of ether oxygens (including phenoxy) is 1. The minimum atomic E-state index is -2.72. The Bertz CT molecular complexity index is 999. The molecule has 1 saturated heterocycles. The number of halogens is 2. The molecule has 2 atom stereocenters. The van der Waals surface area contributed by atoms with Crippen molar-refractivity contribution >= 4 is 16.9 Å². The summed E-state index contributed by atoms with van der Waals surface area (Å²) in [6.45, 7) is -0.286. The van der Waals surface area contributed by atoms with Crippen LogP contribution in [0.15, 0.2) is 24.8 Å². The zero-order valence-corrected chi connectivity index (χ0v) is 14.8. The van der Waals surface area contributed by atoms with Gasteiger partial charge < -0.3 is 14.6 Å². The van der Waals surface area contributed by atoms with E-state index in [0.29, 0.717) is 45.8 Å². The van der Waals surface area contributed by atoms with Gasteiger partial charge in [0.25, 0.3) is 0 Å². The van der Waals surface area contributed by atoms with E-state index >= 15 is 0 Å². The number of aromatic nitrogens is 5. The fourth-order valence-corrected chi connectivity index (χ4v) is 3.18. The van der Waals surface area contributed by atoms with Crippen molar-refractivity contribution in [3.63, 3.8) is 0 Å². The van der Waals surface area contributed by atoms with E-state index in [2.05, 4.69) is 20.4 Å². The third-order valence-electron chi connectivity index (χ3n) is 4.73. The van der Waals surface area contributed by atoms with Gasteiger partial charge in [-0.2, -0.15) is 13.9 Å². The lowest BCUT2D eigenvalue weighted by Gasteiger charge is -2.20. The van der Waals surface area contributed by atoms with E-state index in [4.69, 9.17) is 4.74 Å². The van der Waals surface area contributed by atoms with Crippen molar-refractivity contribution in [2.24, 2.45) is 13.0 Å². The molecule has 0 radical (unpaired) electrons. The number of imidazole rings is 1. The molecular formula is C17H18F2N6O2. The maximum Gasteiger partial charge on any atom is 0.333 e. The van der Waals surface area contributed by atoms with Crippen molar-refractivity contribution in [1.82, 2.24) is 29.6 Å². The van der Waals surface area contributed by atoms with Gasteiger partial charge in [-0.25, -0.2) is 14.6 Å². The molecule has 1 aliphatic heterocycles. The van der Waals surface area contributed by atoms with E-state index in [-0.39, 0.29) is 17.9 Å². The minimum Gasteiger partial charge on any atom is -0.473 e. The van der Waals surface area contributed by atoms with Gasteiger partial charge in [-0.15, -0.1) is 0 Å². The Kier molecular flexibility index (Phi) is 4.25. The first-order chi connectivity index (χ1) is 12.9. The Morgan fingerprint density at radius 3 is 2.89 bits per heavy atom. The quantitative estimate of drug-likeness (QED) is 0.737. The summed E-state index contributed by atoms with van der Waals surface area (Å²) in [5.74, 6) is 0.384. The summed E-state index contributed by atoms with van der Waals surface area (Å²) >= 11 is 0. The van der Waals surface area contributed by atoms with Gasteiger partial charge in [0.15, 0.2) is 0 Å². The molecule has 10 heteroatoms. The molecule has 0 spiro atoms. The molecule has 0 saturated carbocycles. The molecule has 1 amide bonds. The number of nitrogens with one attached hydrogen (secondary N) is 1. The van der Waals surface area contributed by atoms with Gasteiger partial charge in [-0.1, -0.05) is 0 Å². The van der Waals surface area contributed by atoms with Crippen LogP contribution in [0.25, 0.3) is 22.3 Å². The second-order valence-electron chi connectivity index (χ2n) is 6.61. The van der Waals surface area contributed by atoms with E-state index < -0.39 is 6.55 Å². The lowest BCUT2D eigenvalue weighted by molar-refractivity contribution is -0.119. The molecule has 8 nitrogen and oxygen atoms in total. The summed E-state index contributed by atoms with van der Waals surface area (Å²) in [5.41, 5.74) is 2.22. The van der Waals surface area contributed by atoms with Crippen LogP contribution in [0.3, 0.4) is 0 Å². The van der Waals surface area contributed by atoms with Crippen LogP contribution in [-0.2, 0) is 11.8 Å². The number of carbonyl (C=O) groups excluding carboxylic acids is 1. The number of pyridine rings is 1. The normalized spacial score (nSPS) is 18.3. The number of aryl methyl sites for hydroxylation is 1. The maximum atomic E-state index is 12.8. The van der Waals surface area contributed by atoms with E-state index in [1.165, 1.54) is 12.4 Å². The first-order valence-corrected chi connectivity index (χ1v) is 8.50. The fraction of sp³-hybridized carbons (Fsp3) is 0.412. The largest absolute Gasteiger partial charge is 0.473 e. The van der Waals surface area contributed by atoms with Gasteiger partial charge in [0.2, 0.25) is 11.8 Å². The van der Waals surface area contributed by atoms with Crippen LogP contribution in [-0.4, -0.2) is 42.9 Å². The Hall–Kier alpha value is -3.04. The predicted octanol–water partition coefficient (Wildman–Crippen LogP) is 2.13. The van der Waals surface area contributed by atoms with Gasteiger partial charge >= 0.3 is 6.55 Å². The highest BCUT2D eigenvalue weighted by molar-refractivity contribution is 5.84. The van der Waals surface area contributed by atoms with Gasteiger partial charge in [0.05, 0.1) is 23.7 Å². The van der Waals surface area contributed by atoms with Crippen LogP contribution in [0, 0.1) is 5.92 Å². The van der Waals surface area contributed by atoms with Crippen molar-refractivity contribution < 1.29 is 18.3 Å².